The third-order valence-electron chi connectivity index (χ3n) is 3.00. The van der Waals surface area contributed by atoms with Crippen LogP contribution in [0.3, 0.4) is 0 Å². The van der Waals surface area contributed by atoms with Crippen LogP contribution >= 0.6 is 0 Å². The van der Waals surface area contributed by atoms with Crippen LogP contribution in [0.25, 0.3) is 0 Å². The molecule has 0 saturated carbocycles. The lowest BCUT2D eigenvalue weighted by molar-refractivity contribution is 0.772. The highest BCUT2D eigenvalue weighted by molar-refractivity contribution is 5.57. The van der Waals surface area contributed by atoms with Gasteiger partial charge in [-0.3, -0.25) is 0 Å². The van der Waals surface area contributed by atoms with E-state index in [1.54, 1.807) is 12.5 Å². The molecule has 0 bridgehead atoms. The Morgan fingerprint density at radius 1 is 1.20 bits per heavy atom. The molecule has 6 heteroatoms. The molecule has 0 unspecified atom stereocenters. The highest BCUT2D eigenvalue weighted by Crippen LogP contribution is 2.23. The molecule has 2 aromatic rings. The first-order valence-electron chi connectivity index (χ1n) is 6.67. The molecule has 0 aliphatic heterocycles. The van der Waals surface area contributed by atoms with E-state index in [-0.39, 0.29) is 5.92 Å². The third kappa shape index (κ3) is 3.20. The van der Waals surface area contributed by atoms with Gasteiger partial charge in [0.1, 0.15) is 23.8 Å². The van der Waals surface area contributed by atoms with Crippen LogP contribution in [0.1, 0.15) is 36.8 Å². The molecule has 2 heterocycles. The molecule has 6 nitrogen and oxygen atoms in total. The quantitative estimate of drug-likeness (QED) is 0.870. The second-order valence-electron chi connectivity index (χ2n) is 4.86. The van der Waals surface area contributed by atoms with Gasteiger partial charge in [0.15, 0.2) is 0 Å². The minimum atomic E-state index is 0.280. The first-order valence-corrected chi connectivity index (χ1v) is 6.67. The van der Waals surface area contributed by atoms with E-state index in [2.05, 4.69) is 44.4 Å². The fraction of sp³-hybridized carbons (Fsp3) is 0.429. The van der Waals surface area contributed by atoms with Crippen molar-refractivity contribution in [1.29, 1.82) is 0 Å². The Bertz CT molecular complexity index is 567. The van der Waals surface area contributed by atoms with Crippen molar-refractivity contribution < 1.29 is 0 Å². The summed E-state index contributed by atoms with van der Waals surface area (Å²) in [6, 6.07) is 1.88. The largest absolute Gasteiger partial charge is 0.373 e. The summed E-state index contributed by atoms with van der Waals surface area (Å²) in [5.74, 6) is 2.80. The summed E-state index contributed by atoms with van der Waals surface area (Å²) in [7, 11) is 1.87. The topological polar surface area (TPSA) is 75.6 Å². The molecule has 0 amide bonds. The normalized spacial score (nSPS) is 10.7. The van der Waals surface area contributed by atoms with E-state index in [0.717, 1.165) is 28.7 Å². The zero-order chi connectivity index (χ0) is 14.5. The Labute approximate surface area is 119 Å². The number of anilines is 2. The number of hydrogen-bond acceptors (Lipinski definition) is 6. The highest BCUT2D eigenvalue weighted by atomic mass is 15.1. The van der Waals surface area contributed by atoms with Crippen LogP contribution in [0, 0.1) is 6.92 Å². The number of hydrogen-bond donors (Lipinski definition) is 2. The standard InChI is InChI=1S/C14H20N6/c1-9(2)12-19-13(15-4)10(3)14(20-12)17-7-11-5-6-16-8-18-11/h5-6,8-9H,7H2,1-4H3,(H2,15,17,19,20). The predicted octanol–water partition coefficient (Wildman–Crippen LogP) is 2.35. The van der Waals surface area contributed by atoms with Gasteiger partial charge in [0.2, 0.25) is 0 Å². The van der Waals surface area contributed by atoms with Crippen molar-refractivity contribution in [3.63, 3.8) is 0 Å². The minimum absolute atomic E-state index is 0.280. The molecule has 0 fully saturated rings. The fourth-order valence-corrected chi connectivity index (χ4v) is 1.80. The van der Waals surface area contributed by atoms with Crippen LogP contribution in [0.15, 0.2) is 18.6 Å². The Hall–Kier alpha value is -2.24. The molecule has 106 valence electrons. The SMILES string of the molecule is CNc1nc(C(C)C)nc(NCc2ccncn2)c1C. The van der Waals surface area contributed by atoms with E-state index in [4.69, 9.17) is 0 Å². The summed E-state index contributed by atoms with van der Waals surface area (Å²) in [6.07, 6.45) is 3.28. The summed E-state index contributed by atoms with van der Waals surface area (Å²) in [5, 5.41) is 6.43. The Kier molecular flexibility index (Phi) is 4.45. The lowest BCUT2D eigenvalue weighted by Gasteiger charge is -2.14. The van der Waals surface area contributed by atoms with E-state index >= 15 is 0 Å². The maximum Gasteiger partial charge on any atom is 0.135 e. The lowest BCUT2D eigenvalue weighted by atomic mass is 10.2. The molecule has 0 aliphatic rings. The van der Waals surface area contributed by atoms with Gasteiger partial charge in [0.25, 0.3) is 0 Å². The predicted molar refractivity (Wildman–Crippen MR) is 79.8 cm³/mol. The molecule has 0 aromatic carbocycles. The fourth-order valence-electron chi connectivity index (χ4n) is 1.80. The van der Waals surface area contributed by atoms with Crippen molar-refractivity contribution in [1.82, 2.24) is 19.9 Å². The molecular formula is C14H20N6. The van der Waals surface area contributed by atoms with Crippen LogP contribution < -0.4 is 10.6 Å². The Balaban J connectivity index is 2.24. The molecule has 2 aromatic heterocycles. The van der Waals surface area contributed by atoms with E-state index in [1.807, 2.05) is 20.0 Å². The van der Waals surface area contributed by atoms with Gasteiger partial charge in [-0.1, -0.05) is 13.8 Å². The molecule has 0 atom stereocenters. The number of aromatic nitrogens is 4. The van der Waals surface area contributed by atoms with Gasteiger partial charge in [0, 0.05) is 24.7 Å². The maximum atomic E-state index is 4.59. The maximum absolute atomic E-state index is 4.59. The van der Waals surface area contributed by atoms with Crippen molar-refractivity contribution >= 4 is 11.6 Å². The van der Waals surface area contributed by atoms with Gasteiger partial charge in [-0.25, -0.2) is 19.9 Å². The van der Waals surface area contributed by atoms with E-state index in [1.165, 1.54) is 0 Å². The van der Waals surface area contributed by atoms with E-state index in [0.29, 0.717) is 6.54 Å². The van der Waals surface area contributed by atoms with Crippen molar-refractivity contribution in [2.45, 2.75) is 33.2 Å². The summed E-state index contributed by atoms with van der Waals surface area (Å²) in [6.45, 7) is 6.77. The monoisotopic (exact) mass is 272 g/mol. The third-order valence-corrected chi connectivity index (χ3v) is 3.00. The first-order chi connectivity index (χ1) is 9.61. The second kappa shape index (κ2) is 6.27. The molecule has 0 radical (unpaired) electrons. The minimum Gasteiger partial charge on any atom is -0.373 e. The van der Waals surface area contributed by atoms with Crippen LogP contribution in [0.2, 0.25) is 0 Å². The summed E-state index contributed by atoms with van der Waals surface area (Å²) < 4.78 is 0. The van der Waals surface area contributed by atoms with Crippen molar-refractivity contribution in [3.05, 3.63) is 35.7 Å². The summed E-state index contributed by atoms with van der Waals surface area (Å²) in [4.78, 5) is 17.2. The molecule has 2 N–H and O–H groups in total. The molecule has 0 saturated heterocycles. The lowest BCUT2D eigenvalue weighted by Crippen LogP contribution is -2.11. The van der Waals surface area contributed by atoms with Gasteiger partial charge >= 0.3 is 0 Å². The van der Waals surface area contributed by atoms with Crippen LogP contribution in [0.5, 0.6) is 0 Å². The molecular weight excluding hydrogens is 252 g/mol. The summed E-state index contributed by atoms with van der Waals surface area (Å²) >= 11 is 0. The van der Waals surface area contributed by atoms with Crippen LogP contribution in [-0.4, -0.2) is 27.0 Å². The van der Waals surface area contributed by atoms with Gasteiger partial charge in [-0.2, -0.15) is 0 Å². The van der Waals surface area contributed by atoms with Crippen molar-refractivity contribution in [3.8, 4) is 0 Å². The van der Waals surface area contributed by atoms with Gasteiger partial charge < -0.3 is 10.6 Å². The zero-order valence-corrected chi connectivity index (χ0v) is 12.3. The zero-order valence-electron chi connectivity index (χ0n) is 12.3. The molecule has 20 heavy (non-hydrogen) atoms. The molecule has 2 rings (SSSR count). The average Bonchev–Trinajstić information content (AvgIpc) is 2.47. The number of nitrogens with one attached hydrogen (secondary N) is 2. The van der Waals surface area contributed by atoms with E-state index in [9.17, 15) is 0 Å². The average molecular weight is 272 g/mol. The Morgan fingerprint density at radius 3 is 2.55 bits per heavy atom. The molecule has 0 spiro atoms. The van der Waals surface area contributed by atoms with E-state index < -0.39 is 0 Å². The Morgan fingerprint density at radius 2 is 1.95 bits per heavy atom. The highest BCUT2D eigenvalue weighted by Gasteiger charge is 2.12. The van der Waals surface area contributed by atoms with Gasteiger partial charge in [0.05, 0.1) is 12.2 Å². The van der Waals surface area contributed by atoms with Crippen LogP contribution in [-0.2, 0) is 6.54 Å². The second-order valence-corrected chi connectivity index (χ2v) is 4.86. The molecule has 0 aliphatic carbocycles. The van der Waals surface area contributed by atoms with Gasteiger partial charge in [-0.15, -0.1) is 0 Å². The number of nitrogens with zero attached hydrogens (tertiary/aromatic N) is 4. The smallest absolute Gasteiger partial charge is 0.135 e. The van der Waals surface area contributed by atoms with Crippen molar-refractivity contribution in [2.24, 2.45) is 0 Å². The first kappa shape index (κ1) is 14.2. The number of rotatable bonds is 5. The summed E-state index contributed by atoms with van der Waals surface area (Å²) in [5.41, 5.74) is 1.93. The van der Waals surface area contributed by atoms with Crippen molar-refractivity contribution in [2.75, 3.05) is 17.7 Å². The van der Waals surface area contributed by atoms with Gasteiger partial charge in [-0.05, 0) is 13.0 Å². The van der Waals surface area contributed by atoms with Crippen LogP contribution in [0.4, 0.5) is 11.6 Å².